The third kappa shape index (κ3) is 4.11. The second-order valence-electron chi connectivity index (χ2n) is 6.23. The van der Waals surface area contributed by atoms with E-state index in [0.29, 0.717) is 36.4 Å². The molecule has 0 radical (unpaired) electrons. The van der Waals surface area contributed by atoms with Crippen molar-refractivity contribution >= 4 is 0 Å². The number of hydrogen-bond donors (Lipinski definition) is 0. The van der Waals surface area contributed by atoms with Gasteiger partial charge in [-0.1, -0.05) is 35.5 Å². The summed E-state index contributed by atoms with van der Waals surface area (Å²) in [6, 6.07) is 21.3. The Bertz CT molecular complexity index is 1080. The number of ether oxygens (including phenoxy) is 2. The summed E-state index contributed by atoms with van der Waals surface area (Å²) in [5.41, 5.74) is 3.35. The number of aromatic nitrogens is 3. The molecule has 0 atom stereocenters. The van der Waals surface area contributed by atoms with Crippen LogP contribution in [0.25, 0.3) is 34.1 Å². The van der Waals surface area contributed by atoms with E-state index < -0.39 is 0 Å². The molecule has 2 aromatic carbocycles. The first kappa shape index (κ1) is 18.7. The molecule has 0 aliphatic carbocycles. The van der Waals surface area contributed by atoms with E-state index in [1.54, 1.807) is 0 Å². The Balaban J connectivity index is 1.66. The van der Waals surface area contributed by atoms with Crippen LogP contribution in [0.15, 0.2) is 71.3 Å². The highest BCUT2D eigenvalue weighted by molar-refractivity contribution is 5.69. The van der Waals surface area contributed by atoms with E-state index in [2.05, 4.69) is 15.1 Å². The van der Waals surface area contributed by atoms with Gasteiger partial charge in [0, 0.05) is 11.1 Å². The largest absolute Gasteiger partial charge is 0.494 e. The van der Waals surface area contributed by atoms with Gasteiger partial charge in [-0.3, -0.25) is 0 Å². The molecule has 146 valence electrons. The van der Waals surface area contributed by atoms with Crippen LogP contribution in [0.1, 0.15) is 13.8 Å². The standard InChI is InChI=1S/C23H21N3O3/c1-3-27-18-12-10-17(11-13-18)22-25-21(26-29-22)19-14-15-20(24-23(19)28-4-2)16-8-6-5-7-9-16/h5-15H,3-4H2,1-2H3. The topological polar surface area (TPSA) is 70.3 Å². The Morgan fingerprint density at radius 2 is 1.52 bits per heavy atom. The van der Waals surface area contributed by atoms with Crippen LogP contribution in [-0.2, 0) is 0 Å². The van der Waals surface area contributed by atoms with Crippen LogP contribution in [0.4, 0.5) is 0 Å². The Kier molecular flexibility index (Phi) is 5.52. The fourth-order valence-corrected chi connectivity index (χ4v) is 2.94. The lowest BCUT2D eigenvalue weighted by Crippen LogP contribution is -1.99. The number of pyridine rings is 1. The molecule has 2 heterocycles. The molecule has 0 aliphatic heterocycles. The summed E-state index contributed by atoms with van der Waals surface area (Å²) in [4.78, 5) is 9.20. The molecule has 2 aromatic heterocycles. The molecule has 0 bridgehead atoms. The van der Waals surface area contributed by atoms with E-state index >= 15 is 0 Å². The van der Waals surface area contributed by atoms with Gasteiger partial charge in [-0.2, -0.15) is 4.98 Å². The Labute approximate surface area is 169 Å². The van der Waals surface area contributed by atoms with Gasteiger partial charge >= 0.3 is 0 Å². The molecule has 0 aliphatic rings. The molecule has 29 heavy (non-hydrogen) atoms. The quantitative estimate of drug-likeness (QED) is 0.431. The van der Waals surface area contributed by atoms with Crippen LogP contribution in [0.2, 0.25) is 0 Å². The van der Waals surface area contributed by atoms with Gasteiger partial charge in [-0.05, 0) is 50.2 Å². The SMILES string of the molecule is CCOc1ccc(-c2nc(-c3ccc(-c4ccccc4)nc3OCC)no2)cc1. The summed E-state index contributed by atoms with van der Waals surface area (Å²) >= 11 is 0. The zero-order chi connectivity index (χ0) is 20.1. The molecule has 0 amide bonds. The highest BCUT2D eigenvalue weighted by atomic mass is 16.5. The van der Waals surface area contributed by atoms with Gasteiger partial charge in [0.25, 0.3) is 5.89 Å². The van der Waals surface area contributed by atoms with E-state index in [9.17, 15) is 0 Å². The highest BCUT2D eigenvalue weighted by Gasteiger charge is 2.17. The molecule has 4 rings (SSSR count). The van der Waals surface area contributed by atoms with Gasteiger partial charge in [0.2, 0.25) is 11.7 Å². The number of hydrogen-bond acceptors (Lipinski definition) is 6. The lowest BCUT2D eigenvalue weighted by Gasteiger charge is -2.09. The predicted octanol–water partition coefficient (Wildman–Crippen LogP) is 5.26. The maximum absolute atomic E-state index is 5.76. The minimum Gasteiger partial charge on any atom is -0.494 e. The van der Waals surface area contributed by atoms with Gasteiger partial charge in [-0.25, -0.2) is 4.98 Å². The maximum atomic E-state index is 5.76. The predicted molar refractivity (Wildman–Crippen MR) is 111 cm³/mol. The van der Waals surface area contributed by atoms with Crippen molar-refractivity contribution in [1.29, 1.82) is 0 Å². The van der Waals surface area contributed by atoms with Gasteiger partial charge in [-0.15, -0.1) is 0 Å². The summed E-state index contributed by atoms with van der Waals surface area (Å²) in [7, 11) is 0. The maximum Gasteiger partial charge on any atom is 0.258 e. The van der Waals surface area contributed by atoms with Crippen molar-refractivity contribution in [2.75, 3.05) is 13.2 Å². The second kappa shape index (κ2) is 8.56. The average Bonchev–Trinajstić information content (AvgIpc) is 3.25. The van der Waals surface area contributed by atoms with Crippen LogP contribution in [0.5, 0.6) is 11.6 Å². The first-order valence-corrected chi connectivity index (χ1v) is 9.55. The van der Waals surface area contributed by atoms with E-state index in [4.69, 9.17) is 14.0 Å². The molecule has 4 aromatic rings. The van der Waals surface area contributed by atoms with Crippen molar-refractivity contribution < 1.29 is 14.0 Å². The Morgan fingerprint density at radius 1 is 0.759 bits per heavy atom. The zero-order valence-corrected chi connectivity index (χ0v) is 16.3. The minimum atomic E-state index is 0.428. The van der Waals surface area contributed by atoms with E-state index in [-0.39, 0.29) is 0 Å². The van der Waals surface area contributed by atoms with Crippen molar-refractivity contribution in [2.45, 2.75) is 13.8 Å². The fraction of sp³-hybridized carbons (Fsp3) is 0.174. The monoisotopic (exact) mass is 387 g/mol. The fourth-order valence-electron chi connectivity index (χ4n) is 2.94. The van der Waals surface area contributed by atoms with E-state index in [1.807, 2.05) is 80.6 Å². The van der Waals surface area contributed by atoms with Gasteiger partial charge < -0.3 is 14.0 Å². The van der Waals surface area contributed by atoms with Crippen LogP contribution in [0, 0.1) is 0 Å². The third-order valence-corrected chi connectivity index (χ3v) is 4.29. The number of benzene rings is 2. The van der Waals surface area contributed by atoms with Crippen LogP contribution >= 0.6 is 0 Å². The first-order valence-electron chi connectivity index (χ1n) is 9.55. The van der Waals surface area contributed by atoms with Gasteiger partial charge in [0.05, 0.1) is 24.5 Å². The molecule has 6 heteroatoms. The van der Waals surface area contributed by atoms with E-state index in [1.165, 1.54) is 0 Å². The van der Waals surface area contributed by atoms with E-state index in [0.717, 1.165) is 22.6 Å². The molecule has 0 unspecified atom stereocenters. The lowest BCUT2D eigenvalue weighted by atomic mass is 10.1. The van der Waals surface area contributed by atoms with Gasteiger partial charge in [0.15, 0.2) is 0 Å². The molecule has 0 spiro atoms. The summed E-state index contributed by atoms with van der Waals surface area (Å²) in [6.07, 6.45) is 0. The zero-order valence-electron chi connectivity index (χ0n) is 16.3. The summed E-state index contributed by atoms with van der Waals surface area (Å²) in [5, 5.41) is 4.13. The van der Waals surface area contributed by atoms with Crippen molar-refractivity contribution in [1.82, 2.24) is 15.1 Å². The third-order valence-electron chi connectivity index (χ3n) is 4.29. The van der Waals surface area contributed by atoms with Crippen LogP contribution in [-0.4, -0.2) is 28.3 Å². The first-order chi connectivity index (χ1) is 14.3. The van der Waals surface area contributed by atoms with Gasteiger partial charge in [0.1, 0.15) is 5.75 Å². The molecule has 0 saturated carbocycles. The highest BCUT2D eigenvalue weighted by Crippen LogP contribution is 2.31. The molecule has 0 fully saturated rings. The summed E-state index contributed by atoms with van der Waals surface area (Å²) < 4.78 is 16.7. The van der Waals surface area contributed by atoms with Crippen LogP contribution in [0.3, 0.4) is 0 Å². The second-order valence-corrected chi connectivity index (χ2v) is 6.23. The Hall–Kier alpha value is -3.67. The normalized spacial score (nSPS) is 10.7. The molecule has 0 saturated heterocycles. The number of nitrogens with zero attached hydrogens (tertiary/aromatic N) is 3. The number of rotatable bonds is 7. The van der Waals surface area contributed by atoms with Crippen LogP contribution < -0.4 is 9.47 Å². The minimum absolute atomic E-state index is 0.428. The van der Waals surface area contributed by atoms with Crippen molar-refractivity contribution in [2.24, 2.45) is 0 Å². The lowest BCUT2D eigenvalue weighted by molar-refractivity contribution is 0.328. The summed E-state index contributed by atoms with van der Waals surface area (Å²) in [5.74, 6) is 2.14. The molecule has 0 N–H and O–H groups in total. The molecular formula is C23H21N3O3. The van der Waals surface area contributed by atoms with Crippen molar-refractivity contribution in [3.8, 4) is 45.7 Å². The molecule has 6 nitrogen and oxygen atoms in total. The smallest absolute Gasteiger partial charge is 0.258 e. The van der Waals surface area contributed by atoms with Crippen molar-refractivity contribution in [3.63, 3.8) is 0 Å². The van der Waals surface area contributed by atoms with Crippen molar-refractivity contribution in [3.05, 3.63) is 66.7 Å². The summed E-state index contributed by atoms with van der Waals surface area (Å²) in [6.45, 7) is 4.98. The Morgan fingerprint density at radius 3 is 2.24 bits per heavy atom. The molecular weight excluding hydrogens is 366 g/mol. The average molecular weight is 387 g/mol.